The largest absolute Gasteiger partial charge is 1.00 e. The second-order valence-corrected chi connectivity index (χ2v) is 0. The molecule has 0 heterocycles. The van der Waals surface area contributed by atoms with Gasteiger partial charge in [-0.3, -0.25) is 0 Å². The second kappa shape index (κ2) is 538. The van der Waals surface area contributed by atoms with Crippen LogP contribution in [0.5, 0.6) is 0 Å². The Morgan fingerprint density at radius 3 is 0.357 bits per heavy atom. The van der Waals surface area contributed by atoms with E-state index in [2.05, 4.69) is 68.1 Å². The zero-order valence-corrected chi connectivity index (χ0v) is 9.42. The van der Waals surface area contributed by atoms with Gasteiger partial charge in [-0.1, -0.05) is 0 Å². The van der Waals surface area contributed by atoms with E-state index in [-0.39, 0.29) is 73.9 Å². The Balaban J connectivity index is -0.00000000298. The second-order valence-electron chi connectivity index (χ2n) is 0. The van der Waals surface area contributed by atoms with Crippen molar-refractivity contribution in [3.8, 4) is 0 Å². The topological polar surface area (TPSA) is 138 Å². The molecule has 14 heteroatoms. The Hall–Kier alpha value is 2.45. The van der Waals surface area contributed by atoms with E-state index in [9.17, 15) is 0 Å². The number of quaternary nitrogens is 5. The summed E-state index contributed by atoms with van der Waals surface area (Å²) < 4.78 is 0. The van der Waals surface area contributed by atoms with Crippen LogP contribution in [0.4, 0.5) is 0 Å². The third-order valence-corrected chi connectivity index (χ3v) is 0. The molecular weight excluding hydrogens is 172 g/mol. The molecule has 0 amide bonds. The average Bonchev–Trinajstić information content (AvgIpc) is 2.20. The van der Waals surface area contributed by atoms with Gasteiger partial charge in [0.05, 0.1) is 0 Å². The van der Waals surface area contributed by atoms with Gasteiger partial charge in [0, 0.05) is 0 Å². The summed E-state index contributed by atoms with van der Waals surface area (Å²) in [5.41, 5.74) is 13.8. The van der Waals surface area contributed by atoms with Crippen molar-refractivity contribution in [1.82, 2.24) is 0 Å². The van der Waals surface area contributed by atoms with Crippen LogP contribution in [0.15, 0.2) is 0 Å². The van der Waals surface area contributed by atoms with Crippen LogP contribution in [-0.2, 0) is 0 Å². The van der Waals surface area contributed by atoms with Gasteiger partial charge in [-0.05, 0) is 0 Å². The molecule has 0 aliphatic heterocycles. The first-order valence-electron chi connectivity index (χ1n) is 2.04. The van der Waals surface area contributed by atoms with Crippen LogP contribution in [0.25, 0.3) is 0 Å². The van der Waals surface area contributed by atoms with Gasteiger partial charge in [-0.2, -0.15) is 0 Å². The van der Waals surface area contributed by atoms with Crippen LogP contribution in [0.2, 0.25) is 0 Å². The van der Waals surface area contributed by atoms with Crippen molar-refractivity contribution in [1.29, 1.82) is 0 Å². The Morgan fingerprint density at radius 2 is 0.357 bits per heavy atom. The molecule has 0 rings (SSSR count). The fourth-order valence-corrected chi connectivity index (χ4v) is 0. The van der Waals surface area contributed by atoms with Gasteiger partial charge in [0.1, 0.15) is 0 Å². The van der Waals surface area contributed by atoms with E-state index in [1.807, 2.05) is 0 Å². The molecular formula is H21AlB5Li3N5. The molecule has 15 N–H and O–H groups in total. The molecule has 0 atom stereocenters. The average molecular weight is 193 g/mol. The van der Waals surface area contributed by atoms with E-state index in [1.54, 1.807) is 0 Å². The van der Waals surface area contributed by atoms with Gasteiger partial charge < -0.3 is 28.2 Å². The molecule has 0 spiro atoms. The van der Waals surface area contributed by atoms with Crippen LogP contribution < -0.4 is 84.8 Å². The molecule has 0 aliphatic rings. The first-order valence-corrected chi connectivity index (χ1v) is 2.04. The fraction of sp³-hybridized carbons (Fsp3) is 0. The zero-order chi connectivity index (χ0) is 10.0. The van der Waals surface area contributed by atoms with Crippen molar-refractivity contribution in [3.63, 3.8) is 0 Å². The smallest absolute Gasteiger partial charge is 0.619 e. The van der Waals surface area contributed by atoms with E-state index in [0.29, 0.717) is 0 Å². The predicted molar refractivity (Wildman–Crippen MR) is 57.3 cm³/mol. The predicted octanol–water partition coefficient (Wildman–Crippen LogP) is -19.4. The van der Waals surface area contributed by atoms with Crippen molar-refractivity contribution < 1.29 is 84.8 Å². The van der Waals surface area contributed by atoms with Crippen LogP contribution in [0.3, 0.4) is 0 Å². The summed E-state index contributed by atoms with van der Waals surface area (Å²) in [4.78, 5) is 0. The summed E-state index contributed by atoms with van der Waals surface area (Å²) in [6.07, 6.45) is 0. The summed E-state index contributed by atoms with van der Waals surface area (Å²) in [7, 11) is 21.2. The molecule has 14 heavy (non-hydrogen) atoms. The van der Waals surface area contributed by atoms with Gasteiger partial charge in [0.2, 0.25) is 0 Å². The van der Waals surface area contributed by atoms with Gasteiger partial charge in [-0.25, -0.2) is 39.9 Å². The van der Waals surface area contributed by atoms with E-state index in [0.717, 1.165) is 0 Å². The summed E-state index contributed by atoms with van der Waals surface area (Å²) in [6, 6.07) is 0. The normalized spacial score (nSPS) is 2.14. The van der Waals surface area contributed by atoms with Gasteiger partial charge in [0.15, 0.2) is 0 Å². The zero-order valence-electron chi connectivity index (χ0n) is 9.42. The third-order valence-electron chi connectivity index (χ3n) is 0. The summed E-state index contributed by atoms with van der Waals surface area (Å²) in [5.74, 6) is 0. The number of rotatable bonds is 0. The van der Waals surface area contributed by atoms with E-state index in [1.165, 1.54) is 0 Å². The van der Waals surface area contributed by atoms with Gasteiger partial charge in [0.25, 0.3) is 0 Å². The molecule has 0 aliphatic carbocycles. The first kappa shape index (κ1) is 70.8. The molecule has 0 saturated heterocycles. The summed E-state index contributed by atoms with van der Waals surface area (Å²) >= 11 is 0. The van der Waals surface area contributed by atoms with Crippen molar-refractivity contribution in [2.24, 2.45) is 0 Å². The summed E-state index contributed by atoms with van der Waals surface area (Å²) in [5, 5.41) is 0. The summed E-state index contributed by atoms with van der Waals surface area (Å²) in [6.45, 7) is 0. The van der Waals surface area contributed by atoms with Crippen LogP contribution >= 0.6 is 0 Å². The SMILES string of the molecule is [AlH6-3].[B-][NH3+].[B-][NH3+].[B-][NH3+].[B-][NH3+].[B-][NH3+].[Li+].[Li+].[Li+]. The van der Waals surface area contributed by atoms with Gasteiger partial charge in [-0.15, -0.1) is 0 Å². The Bertz CT molecular complexity index is 25.3. The molecule has 0 aromatic rings. The minimum atomic E-state index is 0. The number of hydrogen-bond donors (Lipinski definition) is 5. The van der Waals surface area contributed by atoms with Crippen LogP contribution in [0.1, 0.15) is 0 Å². The Kier molecular flexibility index (Phi) is 2720. The van der Waals surface area contributed by atoms with Gasteiger partial charge >= 0.3 is 73.9 Å². The van der Waals surface area contributed by atoms with E-state index in [4.69, 9.17) is 0 Å². The third kappa shape index (κ3) is 436. The van der Waals surface area contributed by atoms with Crippen LogP contribution in [-0.4, -0.2) is 57.3 Å². The van der Waals surface area contributed by atoms with Crippen molar-refractivity contribution >= 4 is 57.3 Å². The van der Waals surface area contributed by atoms with Crippen molar-refractivity contribution in [3.05, 3.63) is 0 Å². The molecule has 0 fully saturated rings. The minimum Gasteiger partial charge on any atom is -0.619 e. The van der Waals surface area contributed by atoms with Crippen molar-refractivity contribution in [2.75, 3.05) is 0 Å². The van der Waals surface area contributed by atoms with E-state index < -0.39 is 0 Å². The monoisotopic (exact) mass is 194 g/mol. The molecule has 15 radical (unpaired) electrons. The maximum Gasteiger partial charge on any atom is 1.00 e. The molecule has 0 unspecified atom stereocenters. The molecule has 0 aromatic heterocycles. The van der Waals surface area contributed by atoms with E-state index >= 15 is 0 Å². The Labute approximate surface area is 141 Å². The fourth-order valence-electron chi connectivity index (χ4n) is 0. The first-order chi connectivity index (χ1) is 5.00. The maximum atomic E-state index is 4.25. The number of hydrogen-bond acceptors (Lipinski definition) is 0. The maximum absolute atomic E-state index is 4.25. The van der Waals surface area contributed by atoms with Crippen LogP contribution in [0, 0.1) is 0 Å². The quantitative estimate of drug-likeness (QED) is 0.233. The molecule has 0 saturated carbocycles. The minimum absolute atomic E-state index is 0. The molecule has 67 valence electrons. The van der Waals surface area contributed by atoms with Crippen molar-refractivity contribution in [2.45, 2.75) is 0 Å². The molecule has 0 bridgehead atoms. The Morgan fingerprint density at radius 1 is 0.357 bits per heavy atom. The molecule has 0 aromatic carbocycles. The molecule has 5 nitrogen and oxygen atoms in total. The standard InChI is InChI=1S/Al.5BH3N.3Li.6H/c;5*1-2;;;;;;;;;/h;5*2H3;;;;;;;;;/q-3;;;;;;3*+1;;;;;;.